The minimum atomic E-state index is 0.585. The Bertz CT molecular complexity index is 458. The number of ether oxygens (including phenoxy) is 1. The highest BCUT2D eigenvalue weighted by Gasteiger charge is 2.23. The van der Waals surface area contributed by atoms with Crippen LogP contribution in [0.4, 0.5) is 5.95 Å². The zero-order chi connectivity index (χ0) is 15.4. The third-order valence-electron chi connectivity index (χ3n) is 4.53. The second kappa shape index (κ2) is 7.35. The van der Waals surface area contributed by atoms with Crippen LogP contribution >= 0.6 is 0 Å². The highest BCUT2D eigenvalue weighted by Crippen LogP contribution is 2.13. The van der Waals surface area contributed by atoms with Gasteiger partial charge in [0.15, 0.2) is 0 Å². The van der Waals surface area contributed by atoms with Gasteiger partial charge in [0.25, 0.3) is 0 Å². The van der Waals surface area contributed by atoms with E-state index in [1.165, 1.54) is 13.0 Å². The molecule has 6 heteroatoms. The summed E-state index contributed by atoms with van der Waals surface area (Å²) in [5.74, 6) is 0.818. The van der Waals surface area contributed by atoms with Crippen molar-refractivity contribution >= 4 is 5.95 Å². The maximum absolute atomic E-state index is 5.35. The molecule has 0 aliphatic carbocycles. The standard InChI is InChI=1S/C16H27N5O/c1-13(2)21-4-3-15(12-21)17-9-14-10-18-16(19-11-14)20-5-7-22-8-6-20/h10-11,13,15,17H,3-9,12H2,1-2H3/t15-/m0/s1. The van der Waals surface area contributed by atoms with E-state index in [1.54, 1.807) is 0 Å². The Morgan fingerprint density at radius 1 is 1.23 bits per heavy atom. The van der Waals surface area contributed by atoms with Crippen LogP contribution in [-0.4, -0.2) is 66.3 Å². The van der Waals surface area contributed by atoms with Crippen LogP contribution in [0.1, 0.15) is 25.8 Å². The van der Waals surface area contributed by atoms with Crippen molar-refractivity contribution in [3.8, 4) is 0 Å². The van der Waals surface area contributed by atoms with Gasteiger partial charge in [0, 0.05) is 56.2 Å². The molecule has 1 aromatic heterocycles. The predicted octanol–water partition coefficient (Wildman–Crippen LogP) is 0.886. The lowest BCUT2D eigenvalue weighted by molar-refractivity contribution is 0.122. The summed E-state index contributed by atoms with van der Waals surface area (Å²) in [4.78, 5) is 13.7. The third-order valence-corrected chi connectivity index (χ3v) is 4.53. The fraction of sp³-hybridized carbons (Fsp3) is 0.750. The van der Waals surface area contributed by atoms with E-state index in [4.69, 9.17) is 4.74 Å². The summed E-state index contributed by atoms with van der Waals surface area (Å²) >= 11 is 0. The van der Waals surface area contributed by atoms with Gasteiger partial charge < -0.3 is 15.0 Å². The molecule has 2 aliphatic rings. The van der Waals surface area contributed by atoms with E-state index in [1.807, 2.05) is 12.4 Å². The number of rotatable bonds is 5. The van der Waals surface area contributed by atoms with Gasteiger partial charge in [-0.15, -0.1) is 0 Å². The Balaban J connectivity index is 1.47. The van der Waals surface area contributed by atoms with Crippen LogP contribution in [0.5, 0.6) is 0 Å². The number of hydrogen-bond donors (Lipinski definition) is 1. The second-order valence-electron chi connectivity index (χ2n) is 6.45. The molecule has 1 N–H and O–H groups in total. The fourth-order valence-corrected chi connectivity index (χ4v) is 3.05. The van der Waals surface area contributed by atoms with Gasteiger partial charge in [-0.25, -0.2) is 9.97 Å². The van der Waals surface area contributed by atoms with Crippen molar-refractivity contribution < 1.29 is 4.74 Å². The van der Waals surface area contributed by atoms with Crippen molar-refractivity contribution in [3.63, 3.8) is 0 Å². The van der Waals surface area contributed by atoms with E-state index in [0.717, 1.165) is 50.9 Å². The summed E-state index contributed by atoms with van der Waals surface area (Å²) in [6.45, 7) is 11.0. The van der Waals surface area contributed by atoms with Crippen LogP contribution in [-0.2, 0) is 11.3 Å². The van der Waals surface area contributed by atoms with Crippen molar-refractivity contribution in [1.82, 2.24) is 20.2 Å². The van der Waals surface area contributed by atoms with E-state index in [0.29, 0.717) is 12.1 Å². The van der Waals surface area contributed by atoms with Gasteiger partial charge in [0.2, 0.25) is 5.95 Å². The van der Waals surface area contributed by atoms with Crippen LogP contribution in [0.3, 0.4) is 0 Å². The highest BCUT2D eigenvalue weighted by atomic mass is 16.5. The lowest BCUT2D eigenvalue weighted by Gasteiger charge is -2.26. The van der Waals surface area contributed by atoms with Crippen LogP contribution in [0.25, 0.3) is 0 Å². The molecule has 0 unspecified atom stereocenters. The van der Waals surface area contributed by atoms with Gasteiger partial charge in [0.05, 0.1) is 13.2 Å². The molecular weight excluding hydrogens is 278 g/mol. The number of morpholine rings is 1. The number of aromatic nitrogens is 2. The molecule has 2 fully saturated rings. The summed E-state index contributed by atoms with van der Waals surface area (Å²) in [7, 11) is 0. The van der Waals surface area contributed by atoms with Gasteiger partial charge in [0.1, 0.15) is 0 Å². The van der Waals surface area contributed by atoms with Crippen LogP contribution in [0.15, 0.2) is 12.4 Å². The van der Waals surface area contributed by atoms with E-state index >= 15 is 0 Å². The first-order valence-corrected chi connectivity index (χ1v) is 8.33. The summed E-state index contributed by atoms with van der Waals surface area (Å²) in [5, 5.41) is 3.63. The van der Waals surface area contributed by atoms with E-state index in [9.17, 15) is 0 Å². The van der Waals surface area contributed by atoms with Gasteiger partial charge in [-0.3, -0.25) is 4.90 Å². The molecule has 0 saturated carbocycles. The second-order valence-corrected chi connectivity index (χ2v) is 6.45. The largest absolute Gasteiger partial charge is 0.378 e. The Morgan fingerprint density at radius 3 is 2.59 bits per heavy atom. The highest BCUT2D eigenvalue weighted by molar-refractivity contribution is 5.30. The molecule has 1 atom stereocenters. The van der Waals surface area contributed by atoms with Gasteiger partial charge in [-0.1, -0.05) is 0 Å². The number of nitrogens with one attached hydrogen (secondary N) is 1. The number of hydrogen-bond acceptors (Lipinski definition) is 6. The van der Waals surface area contributed by atoms with Crippen molar-refractivity contribution in [2.24, 2.45) is 0 Å². The molecule has 0 spiro atoms. The number of likely N-dealkylation sites (tertiary alicyclic amines) is 1. The topological polar surface area (TPSA) is 53.5 Å². The first-order chi connectivity index (χ1) is 10.7. The molecule has 0 aromatic carbocycles. The monoisotopic (exact) mass is 305 g/mol. The Kier molecular flexibility index (Phi) is 5.23. The minimum absolute atomic E-state index is 0.585. The molecule has 0 bridgehead atoms. The zero-order valence-electron chi connectivity index (χ0n) is 13.7. The molecular formula is C16H27N5O. The maximum atomic E-state index is 5.35. The minimum Gasteiger partial charge on any atom is -0.378 e. The average molecular weight is 305 g/mol. The van der Waals surface area contributed by atoms with E-state index < -0.39 is 0 Å². The summed E-state index contributed by atoms with van der Waals surface area (Å²) in [6, 6.07) is 1.23. The third kappa shape index (κ3) is 3.94. The van der Waals surface area contributed by atoms with Crippen LogP contribution < -0.4 is 10.2 Å². The molecule has 22 heavy (non-hydrogen) atoms. The Labute approximate surface area is 132 Å². The summed E-state index contributed by atoms with van der Waals surface area (Å²) in [6.07, 6.45) is 5.12. The van der Waals surface area contributed by atoms with Crippen molar-refractivity contribution in [1.29, 1.82) is 0 Å². The maximum Gasteiger partial charge on any atom is 0.225 e. The molecule has 1 aromatic rings. The van der Waals surface area contributed by atoms with Crippen molar-refractivity contribution in [3.05, 3.63) is 18.0 Å². The first-order valence-electron chi connectivity index (χ1n) is 8.33. The van der Waals surface area contributed by atoms with Gasteiger partial charge in [-0.2, -0.15) is 0 Å². The zero-order valence-corrected chi connectivity index (χ0v) is 13.7. The lowest BCUT2D eigenvalue weighted by atomic mass is 10.2. The van der Waals surface area contributed by atoms with E-state index in [-0.39, 0.29) is 0 Å². The fourth-order valence-electron chi connectivity index (χ4n) is 3.05. The molecule has 0 radical (unpaired) electrons. The molecule has 3 rings (SSSR count). The average Bonchev–Trinajstić information content (AvgIpc) is 3.04. The predicted molar refractivity (Wildman–Crippen MR) is 87.0 cm³/mol. The molecule has 2 aliphatic heterocycles. The van der Waals surface area contributed by atoms with Gasteiger partial charge in [-0.05, 0) is 26.8 Å². The quantitative estimate of drug-likeness (QED) is 0.872. The smallest absolute Gasteiger partial charge is 0.225 e. The van der Waals surface area contributed by atoms with Crippen LogP contribution in [0.2, 0.25) is 0 Å². The molecule has 3 heterocycles. The molecule has 2 saturated heterocycles. The first kappa shape index (κ1) is 15.6. The SMILES string of the molecule is CC(C)N1CC[C@H](NCc2cnc(N3CCOCC3)nc2)C1. The van der Waals surface area contributed by atoms with Crippen molar-refractivity contribution in [2.75, 3.05) is 44.3 Å². The normalized spacial score (nSPS) is 23.4. The summed E-state index contributed by atoms with van der Waals surface area (Å²) < 4.78 is 5.35. The number of anilines is 1. The van der Waals surface area contributed by atoms with Crippen LogP contribution in [0, 0.1) is 0 Å². The molecule has 6 nitrogen and oxygen atoms in total. The molecule has 0 amide bonds. The van der Waals surface area contributed by atoms with Gasteiger partial charge >= 0.3 is 0 Å². The van der Waals surface area contributed by atoms with Crippen molar-refractivity contribution in [2.45, 2.75) is 38.9 Å². The Hall–Kier alpha value is -1.24. The molecule has 122 valence electrons. The lowest BCUT2D eigenvalue weighted by Crippen LogP contribution is -2.37. The number of nitrogens with zero attached hydrogens (tertiary/aromatic N) is 4. The van der Waals surface area contributed by atoms with E-state index in [2.05, 4.69) is 38.9 Å². The summed E-state index contributed by atoms with van der Waals surface area (Å²) in [5.41, 5.74) is 1.15. The Morgan fingerprint density at radius 2 is 1.95 bits per heavy atom.